The number of carbonyl (C=O) groups is 4. The molecule has 0 unspecified atom stereocenters. The number of amides is 4. The van der Waals surface area contributed by atoms with Gasteiger partial charge in [-0.15, -0.1) is 0 Å². The minimum absolute atomic E-state index is 0.0177. The number of fused-ring (bicyclic) bond motifs is 4. The number of carbonyl (C=O) groups excluding carboxylic acids is 4. The Hall–Kier alpha value is -9.48. The van der Waals surface area contributed by atoms with Crippen molar-refractivity contribution in [1.82, 2.24) is 79.4 Å². The fourth-order valence-electron chi connectivity index (χ4n) is 16.8. The second-order valence-corrected chi connectivity index (χ2v) is 31.8. The van der Waals surface area contributed by atoms with Gasteiger partial charge in [-0.1, -0.05) is 67.9 Å². The first kappa shape index (κ1) is 74.8. The monoisotopic (exact) mass is 1440 g/mol. The Balaban J connectivity index is 0.000000125. The summed E-state index contributed by atoms with van der Waals surface area (Å²) in [5, 5.41) is 18.9. The topological polar surface area (TPSA) is 296 Å². The van der Waals surface area contributed by atoms with Crippen molar-refractivity contribution >= 4 is 91.0 Å². The van der Waals surface area contributed by atoms with Gasteiger partial charge in [0.15, 0.2) is 0 Å². The van der Waals surface area contributed by atoms with Crippen LogP contribution in [0.15, 0.2) is 101 Å². The minimum Gasteiger partial charge on any atom is -0.365 e. The van der Waals surface area contributed by atoms with Crippen molar-refractivity contribution in [3.63, 3.8) is 0 Å². The molecule has 8 aromatic rings. The Morgan fingerprint density at radius 1 is 0.377 bits per heavy atom. The van der Waals surface area contributed by atoms with E-state index in [4.69, 9.17) is 0 Å². The van der Waals surface area contributed by atoms with Gasteiger partial charge in [0.25, 0.3) is 0 Å². The largest absolute Gasteiger partial charge is 0.365 e. The van der Waals surface area contributed by atoms with Crippen LogP contribution in [0.3, 0.4) is 0 Å². The Labute approximate surface area is 623 Å². The van der Waals surface area contributed by atoms with Crippen molar-refractivity contribution in [1.29, 1.82) is 0 Å². The van der Waals surface area contributed by atoms with E-state index in [1.54, 1.807) is 25.3 Å². The van der Waals surface area contributed by atoms with Crippen LogP contribution in [0, 0.1) is 35.5 Å². The summed E-state index contributed by atoms with van der Waals surface area (Å²) in [6.07, 6.45) is 45.4. The van der Waals surface area contributed by atoms with Gasteiger partial charge < -0.3 is 60.8 Å². The van der Waals surface area contributed by atoms with E-state index in [1.807, 2.05) is 19.6 Å². The van der Waals surface area contributed by atoms with E-state index in [9.17, 15) is 19.2 Å². The van der Waals surface area contributed by atoms with Crippen LogP contribution in [-0.4, -0.2) is 178 Å². The van der Waals surface area contributed by atoms with Gasteiger partial charge >= 0.3 is 0 Å². The van der Waals surface area contributed by atoms with Crippen LogP contribution < -0.4 is 21.3 Å². The number of nitrogens with one attached hydrogen (secondary N) is 8. The number of H-pyrrole nitrogens is 4. The molecule has 0 bridgehead atoms. The molecule has 0 spiro atoms. The molecule has 106 heavy (non-hydrogen) atoms. The van der Waals surface area contributed by atoms with Gasteiger partial charge in [0.05, 0.1) is 21.5 Å². The van der Waals surface area contributed by atoms with Gasteiger partial charge in [-0.25, -0.2) is 39.9 Å². The standard InChI is InChI=1S/2C21H29N5O.2C20H27N5O/c2*1-4-18(27)26-11-16(7-8-17(26)13(2)3)25-21-19-15(9-14-5-6-14)10-22-20(19)23-12-24-21;2*1-3-16-8-7-15(11-25(16)17(26)4-2)24-20-18-14(9-13-5-6-13)10-21-19(18)22-12-23-20/h2*4,10,12-14,16-17H,1,5-9,11H2,2-3H3,(H2,22,23,24,25);2*4,10,12-13,15-16H,2-3,5-9,11H2,1H3,(H2,21,22,23,24)/t2*16-,17-;2*15-,16+/m1010/s1. The van der Waals surface area contributed by atoms with Crippen LogP contribution in [0.25, 0.3) is 44.1 Å². The van der Waals surface area contributed by atoms with E-state index in [2.05, 4.69) is 174 Å². The molecule has 8 aliphatic rings. The molecule has 8 N–H and O–H groups in total. The third-order valence-electron chi connectivity index (χ3n) is 23.4. The maximum Gasteiger partial charge on any atom is 0.246 e. The van der Waals surface area contributed by atoms with Gasteiger partial charge in [-0.2, -0.15) is 0 Å². The summed E-state index contributed by atoms with van der Waals surface area (Å²) in [7, 11) is 0. The predicted octanol–water partition coefficient (Wildman–Crippen LogP) is 13.6. The van der Waals surface area contributed by atoms with Crippen LogP contribution >= 0.6 is 0 Å². The van der Waals surface area contributed by atoms with Gasteiger partial charge in [-0.05, 0) is 223 Å². The molecule has 0 radical (unpaired) electrons. The molecule has 0 aromatic carbocycles. The van der Waals surface area contributed by atoms with Crippen LogP contribution in [0.4, 0.5) is 23.3 Å². The molecule has 4 amide bonds. The van der Waals surface area contributed by atoms with Crippen molar-refractivity contribution in [2.45, 2.75) is 231 Å². The third-order valence-corrected chi connectivity index (χ3v) is 23.4. The molecule has 8 fully saturated rings. The van der Waals surface area contributed by atoms with Crippen molar-refractivity contribution in [2.24, 2.45) is 35.5 Å². The highest BCUT2D eigenvalue weighted by Crippen LogP contribution is 2.41. The molecule has 8 atom stereocenters. The molecule has 12 heterocycles. The van der Waals surface area contributed by atoms with Crippen molar-refractivity contribution < 1.29 is 19.2 Å². The second kappa shape index (κ2) is 34.0. The Morgan fingerprint density at radius 2 is 0.623 bits per heavy atom. The molecule has 8 aromatic heterocycles. The van der Waals surface area contributed by atoms with Crippen LogP contribution in [0.1, 0.15) is 179 Å². The molecule has 24 nitrogen and oxygen atoms in total. The first-order valence-corrected chi connectivity index (χ1v) is 39.5. The number of nitrogens with zero attached hydrogens (tertiary/aromatic N) is 12. The number of hydrogen-bond acceptors (Lipinski definition) is 16. The quantitative estimate of drug-likeness (QED) is 0.0261. The minimum atomic E-state index is 0.0177. The summed E-state index contributed by atoms with van der Waals surface area (Å²) in [6.45, 7) is 30.4. The summed E-state index contributed by atoms with van der Waals surface area (Å²) < 4.78 is 0. The van der Waals surface area contributed by atoms with Gasteiger partial charge in [0.2, 0.25) is 23.6 Å². The SMILES string of the molecule is C=CC(=O)N1C[C@@H](Nc2ncnc3[nH]cc(CC4CC4)c23)CC[C@H]1C(C)C.C=CC(=O)N1C[C@@H](Nc2ncnc3[nH]cc(CC4CC4)c23)CC[C@H]1CC.C=CC(=O)N1C[C@H](Nc2ncnc3[nH]cc(CC4CC4)c23)CC[C@@H]1C(C)C.C=CC(=O)N1C[C@H](Nc2ncnc3[nH]cc(CC4CC4)c23)CC[C@@H]1CC. The number of anilines is 4. The van der Waals surface area contributed by atoms with Gasteiger partial charge in [0, 0.05) is 99.3 Å². The maximum atomic E-state index is 12.4. The molecule has 24 heteroatoms. The Morgan fingerprint density at radius 3 is 0.858 bits per heavy atom. The lowest BCUT2D eigenvalue weighted by Gasteiger charge is -2.41. The molecular weight excluding hydrogens is 1330 g/mol. The summed E-state index contributed by atoms with van der Waals surface area (Å²) in [6, 6.07) is 1.93. The third kappa shape index (κ3) is 18.0. The number of likely N-dealkylation sites (tertiary alicyclic amines) is 4. The van der Waals surface area contributed by atoms with Crippen molar-refractivity contribution in [3.8, 4) is 0 Å². The number of aromatic amines is 4. The lowest BCUT2D eigenvalue weighted by molar-refractivity contribution is -0.131. The number of aromatic nitrogens is 12. The number of hydrogen-bond donors (Lipinski definition) is 8. The second-order valence-electron chi connectivity index (χ2n) is 31.8. The summed E-state index contributed by atoms with van der Waals surface area (Å²) in [5.41, 5.74) is 8.74. The van der Waals surface area contributed by atoms with E-state index in [0.29, 0.717) is 50.1 Å². The zero-order valence-corrected chi connectivity index (χ0v) is 63.2. The zero-order chi connectivity index (χ0) is 74.1. The Kier molecular flexibility index (Phi) is 24.0. The van der Waals surface area contributed by atoms with E-state index in [-0.39, 0.29) is 59.9 Å². The van der Waals surface area contributed by atoms with Gasteiger partial charge in [-0.3, -0.25) is 19.2 Å². The first-order valence-electron chi connectivity index (χ1n) is 39.5. The van der Waals surface area contributed by atoms with Gasteiger partial charge in [0.1, 0.15) is 71.2 Å². The summed E-state index contributed by atoms with van der Waals surface area (Å²) in [4.78, 5) is 106. The highest BCUT2D eigenvalue weighted by molar-refractivity contribution is 5.94. The normalized spacial score (nSPS) is 23.1. The maximum absolute atomic E-state index is 12.4. The lowest BCUT2D eigenvalue weighted by Crippen LogP contribution is -2.52. The van der Waals surface area contributed by atoms with E-state index >= 15 is 0 Å². The first-order chi connectivity index (χ1) is 51.5. The van der Waals surface area contributed by atoms with Crippen LogP contribution in [0.5, 0.6) is 0 Å². The fourth-order valence-corrected chi connectivity index (χ4v) is 16.8. The highest BCUT2D eigenvalue weighted by Gasteiger charge is 2.38. The van der Waals surface area contributed by atoms with Crippen LogP contribution in [0.2, 0.25) is 0 Å². The highest BCUT2D eigenvalue weighted by atomic mass is 16.2. The van der Waals surface area contributed by atoms with E-state index < -0.39 is 0 Å². The molecule has 4 aliphatic heterocycles. The van der Waals surface area contributed by atoms with E-state index in [1.165, 1.54) is 97.9 Å². The van der Waals surface area contributed by atoms with Crippen molar-refractivity contribution in [3.05, 3.63) is 123 Å². The number of rotatable bonds is 24. The lowest BCUT2D eigenvalue weighted by atomic mass is 9.90. The fraction of sp³-hybridized carbons (Fsp3) is 0.561. The molecule has 4 saturated carbocycles. The Bertz CT molecular complexity index is 4120. The molecule has 16 rings (SSSR count). The summed E-state index contributed by atoms with van der Waals surface area (Å²) in [5.74, 6) is 7.73. The summed E-state index contributed by atoms with van der Waals surface area (Å²) >= 11 is 0. The smallest absolute Gasteiger partial charge is 0.246 e. The predicted molar refractivity (Wildman–Crippen MR) is 421 cm³/mol. The average molecular weight is 1440 g/mol. The van der Waals surface area contributed by atoms with Crippen molar-refractivity contribution in [2.75, 3.05) is 47.4 Å². The van der Waals surface area contributed by atoms with E-state index in [0.717, 1.165) is 181 Å². The average Bonchev–Trinajstić information content (AvgIpc) is 1.63. The zero-order valence-electron chi connectivity index (χ0n) is 63.2. The van der Waals surface area contributed by atoms with Crippen LogP contribution in [-0.2, 0) is 44.9 Å². The number of piperidine rings is 4. The molecule has 564 valence electrons. The molecule has 4 saturated heterocycles. The molecular formula is C82H112N20O4. The molecule has 4 aliphatic carbocycles.